The molecule has 1 aliphatic rings. The van der Waals surface area contributed by atoms with E-state index in [4.69, 9.17) is 21.7 Å². The number of carbonyl (C=O) groups is 3. The van der Waals surface area contributed by atoms with Crippen molar-refractivity contribution in [1.82, 2.24) is 15.6 Å². The number of furan rings is 1. The number of carbonyl (C=O) groups excluding carboxylic acids is 2. The normalized spacial score (nSPS) is 14.1. The first-order valence-corrected chi connectivity index (χ1v) is 8.01. The summed E-state index contributed by atoms with van der Waals surface area (Å²) in [5.41, 5.74) is -0.105. The molecule has 0 spiro atoms. The van der Waals surface area contributed by atoms with Crippen molar-refractivity contribution in [3.8, 4) is 0 Å². The number of hydrogen-bond donors (Lipinski definition) is 3. The first-order chi connectivity index (χ1) is 11.9. The maximum absolute atomic E-state index is 11.8. The third-order valence-electron chi connectivity index (χ3n) is 3.03. The maximum Gasteiger partial charge on any atom is 0.338 e. The quantitative estimate of drug-likeness (QED) is 0.417. The minimum absolute atomic E-state index is 0.0448. The van der Waals surface area contributed by atoms with Gasteiger partial charge in [-0.2, -0.15) is 0 Å². The Labute approximate surface area is 150 Å². The number of carboxylic acid groups (broad SMARTS) is 1. The number of nitrogens with one attached hydrogen (secondary N) is 2. The molecule has 8 nitrogen and oxygen atoms in total. The third kappa shape index (κ3) is 3.75. The highest BCUT2D eigenvalue weighted by Crippen LogP contribution is 2.30. The Kier molecular flexibility index (Phi) is 4.63. The van der Waals surface area contributed by atoms with E-state index in [2.05, 4.69) is 15.6 Å². The Morgan fingerprint density at radius 1 is 1.24 bits per heavy atom. The fourth-order valence-corrected chi connectivity index (χ4v) is 2.97. The molecule has 1 aliphatic heterocycles. The summed E-state index contributed by atoms with van der Waals surface area (Å²) in [7, 11) is 0. The van der Waals surface area contributed by atoms with Crippen molar-refractivity contribution in [2.24, 2.45) is 0 Å². The van der Waals surface area contributed by atoms with Crippen LogP contribution in [0.25, 0.3) is 6.08 Å². The molecule has 0 radical (unpaired) electrons. The fourth-order valence-electron chi connectivity index (χ4n) is 1.95. The Morgan fingerprint density at radius 2 is 1.96 bits per heavy atom. The van der Waals surface area contributed by atoms with E-state index in [0.29, 0.717) is 5.09 Å². The molecule has 1 fully saturated rings. The van der Waals surface area contributed by atoms with Crippen molar-refractivity contribution in [2.45, 2.75) is 10.1 Å². The number of rotatable bonds is 4. The standard InChI is InChI=1S/C15H9N3O5S2/c19-11-9(12(20)18-15(24)17-11)6-7-3-4-10(23-7)25-13-8(14(21)22)2-1-5-16-13/h1-6H,(H,21,22)(H2,17,18,19,20,24). The molecular weight excluding hydrogens is 366 g/mol. The highest BCUT2D eigenvalue weighted by molar-refractivity contribution is 7.99. The van der Waals surface area contributed by atoms with Crippen LogP contribution in [0.15, 0.2) is 50.6 Å². The molecule has 10 heteroatoms. The van der Waals surface area contributed by atoms with Crippen molar-refractivity contribution >= 4 is 53.0 Å². The Balaban J connectivity index is 1.83. The van der Waals surface area contributed by atoms with Crippen molar-refractivity contribution < 1.29 is 23.9 Å². The molecule has 25 heavy (non-hydrogen) atoms. The van der Waals surface area contributed by atoms with Gasteiger partial charge in [0.15, 0.2) is 10.2 Å². The summed E-state index contributed by atoms with van der Waals surface area (Å²) < 4.78 is 5.51. The van der Waals surface area contributed by atoms with Gasteiger partial charge in [0.05, 0.1) is 5.56 Å². The van der Waals surface area contributed by atoms with E-state index in [1.165, 1.54) is 24.4 Å². The highest BCUT2D eigenvalue weighted by atomic mass is 32.2. The first kappa shape index (κ1) is 16.9. The average Bonchev–Trinajstić information content (AvgIpc) is 2.98. The second-order valence-electron chi connectivity index (χ2n) is 4.72. The number of amides is 2. The summed E-state index contributed by atoms with van der Waals surface area (Å²) in [5.74, 6) is -2.10. The van der Waals surface area contributed by atoms with Gasteiger partial charge in [0.25, 0.3) is 11.8 Å². The predicted octanol–water partition coefficient (Wildman–Crippen LogP) is 1.44. The lowest BCUT2D eigenvalue weighted by molar-refractivity contribution is -0.123. The first-order valence-electron chi connectivity index (χ1n) is 6.78. The van der Waals surface area contributed by atoms with Crippen LogP contribution in [0.2, 0.25) is 0 Å². The van der Waals surface area contributed by atoms with Crippen molar-refractivity contribution in [3.05, 3.63) is 47.4 Å². The van der Waals surface area contributed by atoms with Gasteiger partial charge < -0.3 is 9.52 Å². The van der Waals surface area contributed by atoms with E-state index in [1.54, 1.807) is 12.1 Å². The van der Waals surface area contributed by atoms with Crippen LogP contribution in [-0.4, -0.2) is 33.0 Å². The van der Waals surface area contributed by atoms with E-state index in [0.717, 1.165) is 11.8 Å². The lowest BCUT2D eigenvalue weighted by Gasteiger charge is -2.15. The molecule has 2 aromatic rings. The van der Waals surface area contributed by atoms with Gasteiger partial charge in [0, 0.05) is 6.20 Å². The minimum atomic E-state index is -1.10. The second kappa shape index (κ2) is 6.87. The predicted molar refractivity (Wildman–Crippen MR) is 90.9 cm³/mol. The molecule has 126 valence electrons. The highest BCUT2D eigenvalue weighted by Gasteiger charge is 2.26. The van der Waals surface area contributed by atoms with Gasteiger partial charge in [-0.3, -0.25) is 20.2 Å². The number of carboxylic acids is 1. The SMILES string of the molecule is O=C1NC(=S)NC(=O)C1=Cc1ccc(Sc2ncccc2C(=O)O)o1. The van der Waals surface area contributed by atoms with Crippen LogP contribution in [0.1, 0.15) is 16.1 Å². The average molecular weight is 375 g/mol. The third-order valence-corrected chi connectivity index (χ3v) is 4.17. The van der Waals surface area contributed by atoms with Gasteiger partial charge in [0.1, 0.15) is 16.4 Å². The van der Waals surface area contributed by atoms with Crippen LogP contribution in [0.4, 0.5) is 0 Å². The van der Waals surface area contributed by atoms with E-state index in [-0.39, 0.29) is 27.0 Å². The summed E-state index contributed by atoms with van der Waals surface area (Å²) in [4.78, 5) is 38.8. The monoisotopic (exact) mass is 375 g/mol. The largest absolute Gasteiger partial charge is 0.478 e. The van der Waals surface area contributed by atoms with Crippen LogP contribution in [-0.2, 0) is 9.59 Å². The topological polar surface area (TPSA) is 122 Å². The summed E-state index contributed by atoms with van der Waals surface area (Å²) in [6.07, 6.45) is 2.74. The molecule has 3 heterocycles. The van der Waals surface area contributed by atoms with Crippen molar-refractivity contribution in [1.29, 1.82) is 0 Å². The van der Waals surface area contributed by atoms with Gasteiger partial charge in [-0.05, 0) is 54.3 Å². The second-order valence-corrected chi connectivity index (χ2v) is 6.12. The molecule has 2 aromatic heterocycles. The zero-order valence-electron chi connectivity index (χ0n) is 12.3. The minimum Gasteiger partial charge on any atom is -0.478 e. The van der Waals surface area contributed by atoms with E-state index >= 15 is 0 Å². The molecule has 0 bridgehead atoms. The maximum atomic E-state index is 11.8. The van der Waals surface area contributed by atoms with E-state index < -0.39 is 17.8 Å². The van der Waals surface area contributed by atoms with E-state index in [1.807, 2.05) is 0 Å². The Bertz CT molecular complexity index is 913. The van der Waals surface area contributed by atoms with Crippen molar-refractivity contribution in [3.63, 3.8) is 0 Å². The number of pyridine rings is 1. The molecule has 3 rings (SSSR count). The van der Waals surface area contributed by atoms with Crippen LogP contribution in [0, 0.1) is 0 Å². The number of nitrogens with zero attached hydrogens (tertiary/aromatic N) is 1. The molecule has 0 atom stereocenters. The molecule has 0 aliphatic carbocycles. The molecule has 2 amide bonds. The zero-order valence-corrected chi connectivity index (χ0v) is 13.9. The van der Waals surface area contributed by atoms with Gasteiger partial charge >= 0.3 is 5.97 Å². The number of aromatic nitrogens is 1. The van der Waals surface area contributed by atoms with Gasteiger partial charge in [-0.15, -0.1) is 0 Å². The molecule has 3 N–H and O–H groups in total. The van der Waals surface area contributed by atoms with Gasteiger partial charge in [0.2, 0.25) is 0 Å². The smallest absolute Gasteiger partial charge is 0.338 e. The Morgan fingerprint density at radius 3 is 2.64 bits per heavy atom. The van der Waals surface area contributed by atoms with Crippen LogP contribution < -0.4 is 10.6 Å². The van der Waals surface area contributed by atoms with Crippen LogP contribution >= 0.6 is 24.0 Å². The zero-order chi connectivity index (χ0) is 18.0. The fraction of sp³-hybridized carbons (Fsp3) is 0. The number of hydrogen-bond acceptors (Lipinski definition) is 7. The van der Waals surface area contributed by atoms with Crippen molar-refractivity contribution in [2.75, 3.05) is 0 Å². The molecule has 0 aromatic carbocycles. The molecular formula is C15H9N3O5S2. The lowest BCUT2D eigenvalue weighted by atomic mass is 10.1. The number of aromatic carboxylic acids is 1. The van der Waals surface area contributed by atoms with E-state index in [9.17, 15) is 14.4 Å². The van der Waals surface area contributed by atoms with Gasteiger partial charge in [-0.25, -0.2) is 9.78 Å². The summed E-state index contributed by atoms with van der Waals surface area (Å²) in [5, 5.41) is 14.4. The summed E-state index contributed by atoms with van der Waals surface area (Å²) in [6.45, 7) is 0. The lowest BCUT2D eigenvalue weighted by Crippen LogP contribution is -2.51. The summed E-state index contributed by atoms with van der Waals surface area (Å²) in [6, 6.07) is 6.09. The number of thiocarbonyl (C=S) groups is 1. The van der Waals surface area contributed by atoms with Gasteiger partial charge in [-0.1, -0.05) is 0 Å². The molecule has 1 saturated heterocycles. The molecule has 0 saturated carbocycles. The Hall–Kier alpha value is -2.98. The summed E-state index contributed by atoms with van der Waals surface area (Å²) >= 11 is 5.73. The van der Waals surface area contributed by atoms with Crippen LogP contribution in [0.3, 0.4) is 0 Å². The van der Waals surface area contributed by atoms with Crippen LogP contribution in [0.5, 0.6) is 0 Å². The molecule has 0 unspecified atom stereocenters.